The van der Waals surface area contributed by atoms with Crippen molar-refractivity contribution in [1.82, 2.24) is 15.1 Å². The molecule has 27 heavy (non-hydrogen) atoms. The molecule has 1 N–H and O–H groups in total. The van der Waals surface area contributed by atoms with Crippen molar-refractivity contribution >= 4 is 11.9 Å². The summed E-state index contributed by atoms with van der Waals surface area (Å²) in [5.74, 6) is 2.06. The molecule has 1 saturated heterocycles. The zero-order chi connectivity index (χ0) is 19.6. The second kappa shape index (κ2) is 10.8. The molecule has 0 spiro atoms. The quantitative estimate of drug-likeness (QED) is 0.533. The molecule has 0 aromatic heterocycles. The standard InChI is InChI=1S/C21H34N4O2/c1-5-18(25-15-7-8-20(25)26)13-14-23-21(22-6-2)24(3)16-17-9-11-19(27-4)12-10-17/h9-12,18H,5-8,13-16H2,1-4H3,(H,22,23). The van der Waals surface area contributed by atoms with Crippen LogP contribution in [0.15, 0.2) is 29.3 Å². The van der Waals surface area contributed by atoms with Crippen LogP contribution in [0.3, 0.4) is 0 Å². The number of ether oxygens (including phenoxy) is 1. The summed E-state index contributed by atoms with van der Waals surface area (Å²) in [6.45, 7) is 7.46. The van der Waals surface area contributed by atoms with Crippen LogP contribution in [-0.4, -0.2) is 61.5 Å². The number of nitrogens with one attached hydrogen (secondary N) is 1. The predicted molar refractivity (Wildman–Crippen MR) is 110 cm³/mol. The van der Waals surface area contributed by atoms with Crippen molar-refractivity contribution in [2.75, 3.05) is 33.8 Å². The van der Waals surface area contributed by atoms with E-state index >= 15 is 0 Å². The van der Waals surface area contributed by atoms with Crippen LogP contribution in [0.5, 0.6) is 5.75 Å². The van der Waals surface area contributed by atoms with Gasteiger partial charge in [0.15, 0.2) is 5.96 Å². The molecule has 1 aromatic rings. The van der Waals surface area contributed by atoms with Gasteiger partial charge in [-0.3, -0.25) is 9.79 Å². The van der Waals surface area contributed by atoms with Gasteiger partial charge in [-0.1, -0.05) is 19.1 Å². The number of hydrogen-bond donors (Lipinski definition) is 1. The van der Waals surface area contributed by atoms with E-state index in [2.05, 4.69) is 36.2 Å². The van der Waals surface area contributed by atoms with Crippen molar-refractivity contribution < 1.29 is 9.53 Å². The van der Waals surface area contributed by atoms with Crippen LogP contribution in [-0.2, 0) is 11.3 Å². The molecule has 1 heterocycles. The molecule has 0 radical (unpaired) electrons. The number of likely N-dealkylation sites (tertiary alicyclic amines) is 1. The monoisotopic (exact) mass is 374 g/mol. The van der Waals surface area contributed by atoms with Crippen molar-refractivity contribution in [2.45, 2.75) is 52.1 Å². The van der Waals surface area contributed by atoms with Crippen LogP contribution in [0, 0.1) is 0 Å². The largest absolute Gasteiger partial charge is 0.497 e. The Balaban J connectivity index is 1.94. The Morgan fingerprint density at radius 3 is 2.63 bits per heavy atom. The maximum atomic E-state index is 12.0. The lowest BCUT2D eigenvalue weighted by atomic mass is 10.1. The Morgan fingerprint density at radius 1 is 1.33 bits per heavy atom. The summed E-state index contributed by atoms with van der Waals surface area (Å²) in [5, 5.41) is 3.37. The van der Waals surface area contributed by atoms with Gasteiger partial charge < -0.3 is 19.9 Å². The van der Waals surface area contributed by atoms with E-state index in [4.69, 9.17) is 9.73 Å². The second-order valence-corrected chi connectivity index (χ2v) is 6.98. The third-order valence-corrected chi connectivity index (χ3v) is 5.02. The molecule has 1 aromatic carbocycles. The Morgan fingerprint density at radius 2 is 2.07 bits per heavy atom. The molecule has 1 aliphatic heterocycles. The molecule has 0 saturated carbocycles. The van der Waals surface area contributed by atoms with Crippen molar-refractivity contribution in [3.63, 3.8) is 0 Å². The minimum Gasteiger partial charge on any atom is -0.497 e. The fourth-order valence-corrected chi connectivity index (χ4v) is 3.50. The molecule has 1 atom stereocenters. The third kappa shape index (κ3) is 6.15. The minimum atomic E-state index is 0.300. The normalized spacial score (nSPS) is 15.8. The number of nitrogens with zero attached hydrogens (tertiary/aromatic N) is 3. The molecule has 1 fully saturated rings. The lowest BCUT2D eigenvalue weighted by Crippen LogP contribution is -2.39. The number of hydrogen-bond acceptors (Lipinski definition) is 3. The summed E-state index contributed by atoms with van der Waals surface area (Å²) in [6.07, 6.45) is 3.59. The number of carbonyl (C=O) groups is 1. The summed E-state index contributed by atoms with van der Waals surface area (Å²) in [7, 11) is 3.73. The van der Waals surface area contributed by atoms with Crippen molar-refractivity contribution in [2.24, 2.45) is 4.99 Å². The minimum absolute atomic E-state index is 0.300. The van der Waals surface area contributed by atoms with Crippen molar-refractivity contribution in [3.8, 4) is 5.75 Å². The highest BCUT2D eigenvalue weighted by Gasteiger charge is 2.26. The molecule has 1 aliphatic rings. The molecule has 6 heteroatoms. The van der Waals surface area contributed by atoms with Gasteiger partial charge in [0.25, 0.3) is 0 Å². The summed E-state index contributed by atoms with van der Waals surface area (Å²) in [5.41, 5.74) is 1.21. The van der Waals surface area contributed by atoms with E-state index in [-0.39, 0.29) is 0 Å². The number of methoxy groups -OCH3 is 1. The van der Waals surface area contributed by atoms with E-state index in [0.29, 0.717) is 18.4 Å². The van der Waals surface area contributed by atoms with Gasteiger partial charge in [-0.25, -0.2) is 0 Å². The summed E-state index contributed by atoms with van der Waals surface area (Å²) in [6, 6.07) is 8.41. The van der Waals surface area contributed by atoms with Crippen molar-refractivity contribution in [1.29, 1.82) is 0 Å². The lowest BCUT2D eigenvalue weighted by molar-refractivity contribution is -0.129. The Bertz CT molecular complexity index is 615. The summed E-state index contributed by atoms with van der Waals surface area (Å²) < 4.78 is 5.22. The van der Waals surface area contributed by atoms with E-state index in [1.807, 2.05) is 24.1 Å². The first-order valence-corrected chi connectivity index (χ1v) is 10.0. The lowest BCUT2D eigenvalue weighted by Gasteiger charge is -2.27. The molecular weight excluding hydrogens is 340 g/mol. The molecule has 0 bridgehead atoms. The van der Waals surface area contributed by atoms with E-state index < -0.39 is 0 Å². The van der Waals surface area contributed by atoms with Gasteiger partial charge in [0, 0.05) is 45.7 Å². The van der Waals surface area contributed by atoms with Gasteiger partial charge in [-0.05, 0) is 43.9 Å². The van der Waals surface area contributed by atoms with Gasteiger partial charge in [-0.2, -0.15) is 0 Å². The number of guanidine groups is 1. The predicted octanol–water partition coefficient (Wildman–Crippen LogP) is 2.88. The Labute approximate surface area is 163 Å². The molecule has 6 nitrogen and oxygen atoms in total. The van der Waals surface area contributed by atoms with Gasteiger partial charge >= 0.3 is 0 Å². The van der Waals surface area contributed by atoms with Crippen LogP contribution in [0.4, 0.5) is 0 Å². The van der Waals surface area contributed by atoms with E-state index in [1.54, 1.807) is 7.11 Å². The summed E-state index contributed by atoms with van der Waals surface area (Å²) in [4.78, 5) is 21.0. The van der Waals surface area contributed by atoms with Gasteiger partial charge in [0.05, 0.1) is 7.11 Å². The number of aliphatic imine (C=N–C) groups is 1. The van der Waals surface area contributed by atoms with Crippen molar-refractivity contribution in [3.05, 3.63) is 29.8 Å². The maximum absolute atomic E-state index is 12.0. The highest BCUT2D eigenvalue weighted by atomic mass is 16.5. The average Bonchev–Trinajstić information content (AvgIpc) is 3.10. The first-order valence-electron chi connectivity index (χ1n) is 10.0. The smallest absolute Gasteiger partial charge is 0.222 e. The molecule has 1 unspecified atom stereocenters. The highest BCUT2D eigenvalue weighted by Crippen LogP contribution is 2.18. The fourth-order valence-electron chi connectivity index (χ4n) is 3.50. The summed E-state index contributed by atoms with van der Waals surface area (Å²) >= 11 is 0. The molecule has 2 rings (SSSR count). The topological polar surface area (TPSA) is 57.2 Å². The third-order valence-electron chi connectivity index (χ3n) is 5.02. The van der Waals surface area contributed by atoms with Gasteiger partial charge in [0.2, 0.25) is 5.91 Å². The van der Waals surface area contributed by atoms with Crippen LogP contribution in [0.1, 0.15) is 45.1 Å². The number of benzene rings is 1. The first-order chi connectivity index (χ1) is 13.1. The van der Waals surface area contributed by atoms with E-state index in [9.17, 15) is 4.79 Å². The zero-order valence-electron chi connectivity index (χ0n) is 17.2. The Hall–Kier alpha value is -2.24. The maximum Gasteiger partial charge on any atom is 0.222 e. The number of carbonyl (C=O) groups excluding carboxylic acids is 1. The van der Waals surface area contributed by atoms with Gasteiger partial charge in [0.1, 0.15) is 5.75 Å². The van der Waals surface area contributed by atoms with E-state index in [1.165, 1.54) is 5.56 Å². The number of rotatable bonds is 9. The van der Waals surface area contributed by atoms with Gasteiger partial charge in [-0.15, -0.1) is 0 Å². The van der Waals surface area contributed by atoms with Crippen LogP contribution >= 0.6 is 0 Å². The van der Waals surface area contributed by atoms with Crippen LogP contribution in [0.2, 0.25) is 0 Å². The highest BCUT2D eigenvalue weighted by molar-refractivity contribution is 5.80. The van der Waals surface area contributed by atoms with E-state index in [0.717, 1.165) is 57.2 Å². The second-order valence-electron chi connectivity index (χ2n) is 6.98. The number of amides is 1. The molecule has 150 valence electrons. The van der Waals surface area contributed by atoms with Crippen LogP contribution < -0.4 is 10.1 Å². The fraction of sp³-hybridized carbons (Fsp3) is 0.619. The molecular formula is C21H34N4O2. The first kappa shape index (κ1) is 21.1. The SMILES string of the molecule is CCNC(=NCCC(CC)N1CCCC1=O)N(C)Cc1ccc(OC)cc1. The Kier molecular flexibility index (Phi) is 8.43. The average molecular weight is 375 g/mol. The van der Waals surface area contributed by atoms with Crippen LogP contribution in [0.25, 0.3) is 0 Å². The molecule has 0 aliphatic carbocycles. The zero-order valence-corrected chi connectivity index (χ0v) is 17.2. The molecule has 1 amide bonds.